The molecule has 8 heteroatoms. The van der Waals surface area contributed by atoms with E-state index in [-0.39, 0.29) is 12.6 Å². The van der Waals surface area contributed by atoms with E-state index < -0.39 is 16.3 Å². The summed E-state index contributed by atoms with van der Waals surface area (Å²) in [5.74, 6) is 0. The molecule has 1 atom stereocenters. The molecule has 0 aromatic rings. The van der Waals surface area contributed by atoms with Crippen LogP contribution >= 0.6 is 0 Å². The summed E-state index contributed by atoms with van der Waals surface area (Å²) < 4.78 is 31.8. The van der Waals surface area contributed by atoms with Gasteiger partial charge in [0, 0.05) is 12.6 Å². The van der Waals surface area contributed by atoms with Crippen LogP contribution < -0.4 is 14.8 Å². The molecule has 3 N–H and O–H groups in total. The molecular weight excluding hydrogens is 246 g/mol. The number of ether oxygens (including phenoxy) is 1. The highest BCUT2D eigenvalue weighted by Gasteiger charge is 2.21. The molecule has 1 heterocycles. The fraction of sp³-hybridized carbons (Fsp3) is 0.889. The van der Waals surface area contributed by atoms with Crippen molar-refractivity contribution in [3.8, 4) is 0 Å². The smallest absolute Gasteiger partial charge is 0.421 e. The van der Waals surface area contributed by atoms with Crippen LogP contribution in [0.1, 0.15) is 26.2 Å². The molecule has 1 saturated heterocycles. The van der Waals surface area contributed by atoms with E-state index in [2.05, 4.69) is 14.8 Å². The summed E-state index contributed by atoms with van der Waals surface area (Å²) in [5.41, 5.74) is 0. The molecular formula is C9H19N3O4S. The molecule has 0 radical (unpaired) electrons. The van der Waals surface area contributed by atoms with Gasteiger partial charge in [0.15, 0.2) is 0 Å². The van der Waals surface area contributed by atoms with Crippen LogP contribution in [0.4, 0.5) is 4.79 Å². The Morgan fingerprint density at radius 2 is 2.24 bits per heavy atom. The molecule has 1 unspecified atom stereocenters. The number of hydrogen-bond donors (Lipinski definition) is 3. The van der Waals surface area contributed by atoms with Crippen LogP contribution in [0.3, 0.4) is 0 Å². The predicted octanol–water partition coefficient (Wildman–Crippen LogP) is -0.291. The van der Waals surface area contributed by atoms with Gasteiger partial charge in [-0.05, 0) is 26.3 Å². The highest BCUT2D eigenvalue weighted by Crippen LogP contribution is 2.04. The molecule has 0 aromatic carbocycles. The second-order valence-electron chi connectivity index (χ2n) is 3.84. The number of carbonyl (C=O) groups excluding carboxylic acids is 1. The van der Waals surface area contributed by atoms with Crippen LogP contribution in [0, 0.1) is 0 Å². The van der Waals surface area contributed by atoms with E-state index >= 15 is 0 Å². The Kier molecular flexibility index (Phi) is 5.66. The minimum atomic E-state index is -3.83. The van der Waals surface area contributed by atoms with Crippen molar-refractivity contribution >= 4 is 16.3 Å². The van der Waals surface area contributed by atoms with Crippen LogP contribution in [0.2, 0.25) is 0 Å². The zero-order valence-corrected chi connectivity index (χ0v) is 10.7. The lowest BCUT2D eigenvalue weighted by Crippen LogP contribution is -2.48. The van der Waals surface area contributed by atoms with Gasteiger partial charge in [0.2, 0.25) is 0 Å². The Morgan fingerprint density at radius 3 is 2.94 bits per heavy atom. The molecule has 1 fully saturated rings. The van der Waals surface area contributed by atoms with Gasteiger partial charge in [0.25, 0.3) is 0 Å². The molecule has 17 heavy (non-hydrogen) atoms. The molecule has 1 aliphatic rings. The molecule has 7 nitrogen and oxygen atoms in total. The number of nitrogens with one attached hydrogen (secondary N) is 3. The first-order chi connectivity index (χ1) is 8.03. The first-order valence-corrected chi connectivity index (χ1v) is 7.19. The van der Waals surface area contributed by atoms with Gasteiger partial charge in [-0.1, -0.05) is 6.42 Å². The van der Waals surface area contributed by atoms with Crippen LogP contribution in [0.25, 0.3) is 0 Å². The van der Waals surface area contributed by atoms with Crippen molar-refractivity contribution < 1.29 is 17.9 Å². The summed E-state index contributed by atoms with van der Waals surface area (Å²) in [7, 11) is -3.83. The van der Waals surface area contributed by atoms with E-state index in [0.717, 1.165) is 25.8 Å². The average Bonchev–Trinajstić information content (AvgIpc) is 2.44. The van der Waals surface area contributed by atoms with Gasteiger partial charge in [-0.2, -0.15) is 13.1 Å². The number of hydrogen-bond acceptors (Lipinski definition) is 5. The zero-order chi connectivity index (χ0) is 12.7. The lowest BCUT2D eigenvalue weighted by atomic mass is 10.2. The van der Waals surface area contributed by atoms with Crippen molar-refractivity contribution in [3.63, 3.8) is 0 Å². The SMILES string of the molecule is CCOC(=O)NS(=O)(=O)NC1CCCCNC1. The second kappa shape index (κ2) is 6.77. The Bertz CT molecular complexity index is 336. The van der Waals surface area contributed by atoms with Crippen LogP contribution in [-0.4, -0.2) is 40.2 Å². The Morgan fingerprint density at radius 1 is 1.47 bits per heavy atom. The summed E-state index contributed by atoms with van der Waals surface area (Å²) in [4.78, 5) is 11.0. The van der Waals surface area contributed by atoms with Crippen molar-refractivity contribution in [1.82, 2.24) is 14.8 Å². The second-order valence-corrected chi connectivity index (χ2v) is 5.29. The maximum atomic E-state index is 11.5. The topological polar surface area (TPSA) is 96.5 Å². The average molecular weight is 265 g/mol. The van der Waals surface area contributed by atoms with Gasteiger partial charge in [-0.25, -0.2) is 9.52 Å². The van der Waals surface area contributed by atoms with Gasteiger partial charge >= 0.3 is 16.3 Å². The lowest BCUT2D eigenvalue weighted by Gasteiger charge is -2.16. The van der Waals surface area contributed by atoms with Crippen LogP contribution in [-0.2, 0) is 14.9 Å². The van der Waals surface area contributed by atoms with Crippen LogP contribution in [0.5, 0.6) is 0 Å². The predicted molar refractivity (Wildman–Crippen MR) is 62.7 cm³/mol. The molecule has 0 spiro atoms. The van der Waals surface area contributed by atoms with Crippen molar-refractivity contribution in [1.29, 1.82) is 0 Å². The quantitative estimate of drug-likeness (QED) is 0.649. The number of rotatable bonds is 4. The van der Waals surface area contributed by atoms with Crippen molar-refractivity contribution in [2.24, 2.45) is 0 Å². The number of amides is 1. The lowest BCUT2D eigenvalue weighted by molar-refractivity contribution is 0.158. The number of carbonyl (C=O) groups is 1. The van der Waals surface area contributed by atoms with E-state index in [0.29, 0.717) is 6.54 Å². The largest absolute Gasteiger partial charge is 0.449 e. The summed E-state index contributed by atoms with van der Waals surface area (Å²) in [5, 5.41) is 3.13. The third-order valence-corrected chi connectivity index (χ3v) is 3.44. The van der Waals surface area contributed by atoms with Crippen molar-refractivity contribution in [3.05, 3.63) is 0 Å². The Balaban J connectivity index is 2.44. The first-order valence-electron chi connectivity index (χ1n) is 5.71. The Labute approximate surface area is 101 Å². The third kappa shape index (κ3) is 5.85. The highest BCUT2D eigenvalue weighted by molar-refractivity contribution is 7.88. The molecule has 0 aliphatic carbocycles. The molecule has 0 saturated carbocycles. The molecule has 1 aliphatic heterocycles. The minimum Gasteiger partial charge on any atom is -0.449 e. The third-order valence-electron chi connectivity index (χ3n) is 2.36. The molecule has 100 valence electrons. The van der Waals surface area contributed by atoms with E-state index in [1.54, 1.807) is 11.6 Å². The fourth-order valence-electron chi connectivity index (χ4n) is 1.64. The first kappa shape index (κ1) is 14.2. The summed E-state index contributed by atoms with van der Waals surface area (Å²) >= 11 is 0. The molecule has 1 rings (SSSR count). The molecule has 1 amide bonds. The zero-order valence-electron chi connectivity index (χ0n) is 9.86. The van der Waals surface area contributed by atoms with Crippen LogP contribution in [0.15, 0.2) is 0 Å². The minimum absolute atomic E-state index is 0.131. The van der Waals surface area contributed by atoms with Gasteiger partial charge < -0.3 is 10.1 Å². The Hall–Kier alpha value is -0.860. The van der Waals surface area contributed by atoms with Gasteiger partial charge in [-0.3, -0.25) is 0 Å². The van der Waals surface area contributed by atoms with E-state index in [1.165, 1.54) is 0 Å². The summed E-state index contributed by atoms with van der Waals surface area (Å²) in [6.07, 6.45) is 1.79. The van der Waals surface area contributed by atoms with Gasteiger partial charge in [0.1, 0.15) is 0 Å². The van der Waals surface area contributed by atoms with E-state index in [9.17, 15) is 13.2 Å². The van der Waals surface area contributed by atoms with Gasteiger partial charge in [0.05, 0.1) is 6.61 Å². The standard InChI is InChI=1S/C9H19N3O4S/c1-2-16-9(13)12-17(14,15)11-8-5-3-4-6-10-7-8/h8,10-11H,2-7H2,1H3,(H,12,13). The maximum Gasteiger partial charge on any atom is 0.421 e. The van der Waals surface area contributed by atoms with E-state index in [4.69, 9.17) is 0 Å². The van der Waals surface area contributed by atoms with Crippen molar-refractivity contribution in [2.75, 3.05) is 19.7 Å². The van der Waals surface area contributed by atoms with E-state index in [1.807, 2.05) is 0 Å². The fourth-order valence-corrected chi connectivity index (χ4v) is 2.62. The monoisotopic (exact) mass is 265 g/mol. The van der Waals surface area contributed by atoms with Gasteiger partial charge in [-0.15, -0.1) is 0 Å². The normalized spacial score (nSPS) is 21.6. The molecule has 0 aromatic heterocycles. The highest BCUT2D eigenvalue weighted by atomic mass is 32.2. The molecule has 0 bridgehead atoms. The van der Waals surface area contributed by atoms with Crippen molar-refractivity contribution in [2.45, 2.75) is 32.2 Å². The summed E-state index contributed by atoms with van der Waals surface area (Å²) in [6.45, 7) is 3.20. The summed E-state index contributed by atoms with van der Waals surface area (Å²) in [6, 6.07) is -0.190. The maximum absolute atomic E-state index is 11.5.